The fourth-order valence-electron chi connectivity index (χ4n) is 3.86. The summed E-state index contributed by atoms with van der Waals surface area (Å²) < 4.78 is 17.9. The third-order valence-electron chi connectivity index (χ3n) is 5.42. The maximum atomic E-state index is 12.4. The van der Waals surface area contributed by atoms with Crippen molar-refractivity contribution < 1.29 is 14.2 Å². The van der Waals surface area contributed by atoms with E-state index in [4.69, 9.17) is 14.2 Å². The number of H-pyrrole nitrogens is 1. The first kappa shape index (κ1) is 20.9. The van der Waals surface area contributed by atoms with E-state index in [-0.39, 0.29) is 5.69 Å². The summed E-state index contributed by atoms with van der Waals surface area (Å²) in [6.07, 6.45) is 0. The highest BCUT2D eigenvalue weighted by Crippen LogP contribution is 2.37. The number of nitrogens with zero attached hydrogens (tertiary/aromatic N) is 2. The molecule has 2 N–H and O–H groups in total. The molecule has 0 unspecified atom stereocenters. The molecule has 0 fully saturated rings. The molecule has 2 heterocycles. The number of aromatic nitrogens is 3. The molecule has 8 heteroatoms. The van der Waals surface area contributed by atoms with E-state index >= 15 is 0 Å². The van der Waals surface area contributed by atoms with Crippen molar-refractivity contribution in [1.29, 1.82) is 0 Å². The Morgan fingerprint density at radius 3 is 2.61 bits per heavy atom. The lowest BCUT2D eigenvalue weighted by atomic mass is 9.98. The van der Waals surface area contributed by atoms with Gasteiger partial charge in [-0.15, -0.1) is 0 Å². The van der Waals surface area contributed by atoms with Crippen molar-refractivity contribution in [3.63, 3.8) is 0 Å². The van der Waals surface area contributed by atoms with Crippen molar-refractivity contribution in [2.24, 2.45) is 0 Å². The van der Waals surface area contributed by atoms with Gasteiger partial charge in [0.2, 0.25) is 0 Å². The Hall–Kier alpha value is -3.36. The average Bonchev–Trinajstić information content (AvgIpc) is 3.16. The van der Waals surface area contributed by atoms with E-state index in [0.29, 0.717) is 18.8 Å². The van der Waals surface area contributed by atoms with Crippen LogP contribution in [-0.4, -0.2) is 49.1 Å². The normalized spacial score (nSPS) is 11.4. The van der Waals surface area contributed by atoms with Crippen LogP contribution < -0.4 is 20.5 Å². The molecule has 4 rings (SSSR count). The summed E-state index contributed by atoms with van der Waals surface area (Å²) in [5.41, 5.74) is 4.99. The lowest BCUT2D eigenvalue weighted by molar-refractivity contribution is 0.199. The standard InChI is InChI=1S/C23H26N4O4/c1-14-9-22-25-26-23(28)27(22)19-11-18(21(31-4)12-17(14)19)15-5-6-20(30-3)16(10-15)13-24-7-8-29-2/h5-6,9-12,24H,7-8,13H2,1-4H3,(H,26,28). The summed E-state index contributed by atoms with van der Waals surface area (Å²) >= 11 is 0. The Kier molecular flexibility index (Phi) is 5.92. The van der Waals surface area contributed by atoms with E-state index in [1.165, 1.54) is 0 Å². The minimum absolute atomic E-state index is 0.270. The Balaban J connectivity index is 1.87. The molecule has 2 aromatic carbocycles. The molecule has 0 atom stereocenters. The fourth-order valence-corrected chi connectivity index (χ4v) is 3.86. The monoisotopic (exact) mass is 422 g/mol. The van der Waals surface area contributed by atoms with Crippen LogP contribution in [0.4, 0.5) is 0 Å². The quantitative estimate of drug-likeness (QED) is 0.425. The third-order valence-corrected chi connectivity index (χ3v) is 5.42. The Bertz CT molecular complexity index is 1290. The van der Waals surface area contributed by atoms with Gasteiger partial charge >= 0.3 is 5.69 Å². The van der Waals surface area contributed by atoms with Crippen molar-refractivity contribution in [3.8, 4) is 22.6 Å². The summed E-state index contributed by atoms with van der Waals surface area (Å²) in [6.45, 7) is 4.01. The summed E-state index contributed by atoms with van der Waals surface area (Å²) in [5.74, 6) is 1.53. The lowest BCUT2D eigenvalue weighted by Crippen LogP contribution is -2.19. The first-order valence-electron chi connectivity index (χ1n) is 10.0. The molecule has 0 bridgehead atoms. The number of methoxy groups -OCH3 is 3. The van der Waals surface area contributed by atoms with Gasteiger partial charge in [0, 0.05) is 36.7 Å². The molecule has 2 aromatic heterocycles. The van der Waals surface area contributed by atoms with Crippen LogP contribution in [0.5, 0.6) is 11.5 Å². The molecule has 162 valence electrons. The van der Waals surface area contributed by atoms with Gasteiger partial charge in [-0.3, -0.25) is 0 Å². The van der Waals surface area contributed by atoms with Gasteiger partial charge in [0.05, 0.1) is 26.3 Å². The number of aromatic amines is 1. The predicted octanol–water partition coefficient (Wildman–Crippen LogP) is 2.90. The second kappa shape index (κ2) is 8.79. The average molecular weight is 422 g/mol. The zero-order valence-corrected chi connectivity index (χ0v) is 18.1. The maximum Gasteiger partial charge on any atom is 0.348 e. The Morgan fingerprint density at radius 2 is 1.87 bits per heavy atom. The predicted molar refractivity (Wildman–Crippen MR) is 120 cm³/mol. The molecule has 0 spiro atoms. The molecular formula is C23H26N4O4. The maximum absolute atomic E-state index is 12.4. The number of hydrogen-bond acceptors (Lipinski definition) is 6. The first-order chi connectivity index (χ1) is 15.1. The zero-order chi connectivity index (χ0) is 22.0. The fraction of sp³-hybridized carbons (Fsp3) is 0.304. The minimum atomic E-state index is -0.270. The smallest absolute Gasteiger partial charge is 0.348 e. The Labute approximate surface area is 179 Å². The molecule has 0 amide bonds. The van der Waals surface area contributed by atoms with Crippen LogP contribution in [0.3, 0.4) is 0 Å². The number of pyridine rings is 1. The summed E-state index contributed by atoms with van der Waals surface area (Å²) in [6, 6.07) is 11.9. The molecule has 0 radical (unpaired) electrons. The van der Waals surface area contributed by atoms with Gasteiger partial charge in [-0.1, -0.05) is 6.07 Å². The first-order valence-corrected chi connectivity index (χ1v) is 10.0. The SMILES string of the molecule is COCCNCc1cc(-c2cc3c(cc2OC)c(C)cc2n[nH]c(=O)n23)ccc1OC. The van der Waals surface area contributed by atoms with Gasteiger partial charge in [-0.05, 0) is 48.4 Å². The van der Waals surface area contributed by atoms with Crippen LogP contribution in [0.1, 0.15) is 11.1 Å². The zero-order valence-electron chi connectivity index (χ0n) is 18.1. The lowest BCUT2D eigenvalue weighted by Gasteiger charge is -2.15. The summed E-state index contributed by atoms with van der Waals surface area (Å²) in [5, 5.41) is 10.9. The van der Waals surface area contributed by atoms with Crippen LogP contribution in [0.25, 0.3) is 27.7 Å². The van der Waals surface area contributed by atoms with E-state index in [9.17, 15) is 4.79 Å². The number of ether oxygens (including phenoxy) is 3. The molecule has 0 aliphatic rings. The van der Waals surface area contributed by atoms with E-state index in [1.54, 1.807) is 25.7 Å². The second-order valence-electron chi connectivity index (χ2n) is 7.32. The number of aryl methyl sites for hydroxylation is 1. The highest BCUT2D eigenvalue weighted by atomic mass is 16.5. The van der Waals surface area contributed by atoms with Gasteiger partial charge in [0.1, 0.15) is 11.5 Å². The van der Waals surface area contributed by atoms with Gasteiger partial charge in [-0.25, -0.2) is 14.3 Å². The summed E-state index contributed by atoms with van der Waals surface area (Å²) in [7, 11) is 4.99. The van der Waals surface area contributed by atoms with Crippen molar-refractivity contribution in [3.05, 3.63) is 58.0 Å². The number of benzene rings is 2. The van der Waals surface area contributed by atoms with E-state index in [0.717, 1.165) is 51.2 Å². The minimum Gasteiger partial charge on any atom is -0.496 e. The van der Waals surface area contributed by atoms with E-state index < -0.39 is 0 Å². The molecular weight excluding hydrogens is 396 g/mol. The largest absolute Gasteiger partial charge is 0.496 e. The molecule has 31 heavy (non-hydrogen) atoms. The summed E-state index contributed by atoms with van der Waals surface area (Å²) in [4.78, 5) is 12.4. The number of nitrogens with one attached hydrogen (secondary N) is 2. The van der Waals surface area contributed by atoms with Crippen molar-refractivity contribution >= 4 is 16.6 Å². The third kappa shape index (κ3) is 3.87. The molecule has 0 saturated heterocycles. The van der Waals surface area contributed by atoms with E-state index in [1.807, 2.05) is 37.3 Å². The topological polar surface area (TPSA) is 89.9 Å². The van der Waals surface area contributed by atoms with Crippen LogP contribution in [0, 0.1) is 6.92 Å². The van der Waals surface area contributed by atoms with Crippen molar-refractivity contribution in [1.82, 2.24) is 19.9 Å². The van der Waals surface area contributed by atoms with Crippen molar-refractivity contribution in [2.45, 2.75) is 13.5 Å². The van der Waals surface area contributed by atoms with Crippen LogP contribution in [-0.2, 0) is 11.3 Å². The van der Waals surface area contributed by atoms with Crippen LogP contribution >= 0.6 is 0 Å². The van der Waals surface area contributed by atoms with Gasteiger partial charge in [0.15, 0.2) is 5.65 Å². The van der Waals surface area contributed by atoms with E-state index in [2.05, 4.69) is 21.6 Å². The molecule has 0 aliphatic heterocycles. The number of hydrogen-bond donors (Lipinski definition) is 2. The second-order valence-corrected chi connectivity index (χ2v) is 7.32. The Morgan fingerprint density at radius 1 is 1.06 bits per heavy atom. The number of rotatable bonds is 8. The molecule has 0 aliphatic carbocycles. The molecule has 8 nitrogen and oxygen atoms in total. The molecule has 0 saturated carbocycles. The highest BCUT2D eigenvalue weighted by Gasteiger charge is 2.15. The molecule has 4 aromatic rings. The van der Waals surface area contributed by atoms with Crippen molar-refractivity contribution in [2.75, 3.05) is 34.5 Å². The van der Waals surface area contributed by atoms with Crippen LogP contribution in [0.2, 0.25) is 0 Å². The van der Waals surface area contributed by atoms with Crippen LogP contribution in [0.15, 0.2) is 41.2 Å². The van der Waals surface area contributed by atoms with Gasteiger partial charge in [-0.2, -0.15) is 5.10 Å². The van der Waals surface area contributed by atoms with Gasteiger partial charge in [0.25, 0.3) is 0 Å². The highest BCUT2D eigenvalue weighted by molar-refractivity contribution is 5.92. The van der Waals surface area contributed by atoms with Gasteiger partial charge < -0.3 is 19.5 Å². The number of fused-ring (bicyclic) bond motifs is 3.